The Kier molecular flexibility index (Phi) is 34.3. The summed E-state index contributed by atoms with van der Waals surface area (Å²) in [6.45, 7) is 59.0. The maximum atomic E-state index is 14.9. The molecule has 110 heavy (non-hydrogen) atoms. The Balaban J connectivity index is 2.00. The van der Waals surface area contributed by atoms with Crippen molar-refractivity contribution in [1.29, 1.82) is 0 Å². The lowest BCUT2D eigenvalue weighted by Gasteiger charge is -2.30. The van der Waals surface area contributed by atoms with Crippen LogP contribution in [0.3, 0.4) is 0 Å². The Morgan fingerprint density at radius 2 is 0.336 bits per heavy atom. The van der Waals surface area contributed by atoms with Gasteiger partial charge in [0.05, 0.1) is 0 Å². The van der Waals surface area contributed by atoms with Crippen molar-refractivity contribution in [3.8, 4) is 28.7 Å². The largest absolute Gasteiger partial charge is 0.483 e. The molecule has 0 saturated heterocycles. The van der Waals surface area contributed by atoms with Crippen LogP contribution >= 0.6 is 0 Å². The summed E-state index contributed by atoms with van der Waals surface area (Å²) < 4.78 is 36.7. The highest BCUT2D eigenvalue weighted by Crippen LogP contribution is 2.46. The minimum Gasteiger partial charge on any atom is -0.483 e. The number of rotatable bonds is 35. The molecule has 1 aliphatic carbocycles. The maximum absolute atomic E-state index is 14.9. The maximum Gasteiger partial charge on any atom is 0.260 e. The Hall–Kier alpha value is -7.55. The van der Waals surface area contributed by atoms with Gasteiger partial charge in [0.1, 0.15) is 28.7 Å². The predicted molar refractivity (Wildman–Crippen MR) is 453 cm³/mol. The molecule has 0 radical (unpaired) electrons. The first kappa shape index (κ1) is 91.3. The van der Waals surface area contributed by atoms with Crippen LogP contribution in [-0.4, -0.2) is 153 Å². The molecular formula is C95H145N5O10. The first-order valence-electron chi connectivity index (χ1n) is 42.2. The van der Waals surface area contributed by atoms with Crippen LogP contribution in [0.1, 0.15) is 321 Å². The summed E-state index contributed by atoms with van der Waals surface area (Å²) in [5, 5.41) is 0. The van der Waals surface area contributed by atoms with Gasteiger partial charge < -0.3 is 48.2 Å². The van der Waals surface area contributed by atoms with E-state index in [0.29, 0.717) is 94.2 Å². The molecule has 0 atom stereocenters. The van der Waals surface area contributed by atoms with Crippen LogP contribution in [0.2, 0.25) is 0 Å². The minimum atomic E-state index is -0.418. The van der Waals surface area contributed by atoms with E-state index in [0.717, 1.165) is 148 Å². The van der Waals surface area contributed by atoms with Crippen molar-refractivity contribution in [1.82, 2.24) is 24.5 Å². The van der Waals surface area contributed by atoms with Gasteiger partial charge in [-0.1, -0.05) is 234 Å². The fourth-order valence-electron chi connectivity index (χ4n) is 14.8. The predicted octanol–water partition coefficient (Wildman–Crippen LogP) is 19.6. The first-order valence-corrected chi connectivity index (χ1v) is 42.2. The zero-order valence-electron chi connectivity index (χ0n) is 73.3. The van der Waals surface area contributed by atoms with E-state index in [2.05, 4.69) is 234 Å². The zero-order chi connectivity index (χ0) is 81.6. The number of benzene rings is 5. The summed E-state index contributed by atoms with van der Waals surface area (Å²) in [7, 11) is 0. The summed E-state index contributed by atoms with van der Waals surface area (Å²) >= 11 is 0. The summed E-state index contributed by atoms with van der Waals surface area (Å²) in [6.07, 6.45) is 9.25. The molecule has 6 rings (SSSR count). The molecule has 0 heterocycles. The number of hydrogen-bond donors (Lipinski definition) is 0. The molecule has 0 saturated carbocycles. The average molecular weight is 1520 g/mol. The first-order chi connectivity index (χ1) is 51.8. The highest BCUT2D eigenvalue weighted by atomic mass is 16.5. The number of carbonyl (C=O) groups is 5. The highest BCUT2D eigenvalue weighted by molar-refractivity contribution is 5.80. The molecule has 1 aliphatic rings. The van der Waals surface area contributed by atoms with Gasteiger partial charge in [-0.05, 0) is 175 Å². The molecule has 610 valence electrons. The Morgan fingerprint density at radius 3 is 0.427 bits per heavy atom. The van der Waals surface area contributed by atoms with E-state index >= 15 is 0 Å². The summed E-state index contributed by atoms with van der Waals surface area (Å²) in [4.78, 5) is 84.2. The number of ether oxygens (including phenoxy) is 5. The topological polar surface area (TPSA) is 148 Å². The van der Waals surface area contributed by atoms with Gasteiger partial charge in [-0.15, -0.1) is 0 Å². The molecule has 0 spiro atoms. The molecule has 5 aromatic carbocycles. The van der Waals surface area contributed by atoms with Crippen molar-refractivity contribution >= 4 is 29.5 Å². The quantitative estimate of drug-likeness (QED) is 0.0377. The van der Waals surface area contributed by atoms with Crippen molar-refractivity contribution < 1.29 is 47.7 Å². The third-order valence-corrected chi connectivity index (χ3v) is 20.8. The standard InChI is InChI=1S/C95H145N5O10/c1-26-36-96(37-27-2)81(101)61-106-86-66-46-68-53-77(92(14,15)16)55-70(87(68)107-62-82(102)97(38-28-3)39-29-4)48-72-57-79(94(20,21)22)59-74(89(72)109-64-84(104)99(42-32-7)43-33-8)50-75-60-80(95(23,24)25)58-73(90(75)110-65-85(105)100(44-34-9)45-35-10)49-71-56-78(93(17,18)19)54-69(47-67(86)52-76(51-66)91(11,12)13)88(71)108-63-83(103)98(40-30-5)41-31-6/h51-60H,26-50,61-65H2,1-25H3. The van der Waals surface area contributed by atoms with Gasteiger partial charge in [0, 0.05) is 97.6 Å². The Bertz CT molecular complexity index is 3150. The van der Waals surface area contributed by atoms with Crippen LogP contribution in [0.25, 0.3) is 0 Å². The second-order valence-electron chi connectivity index (χ2n) is 36.1. The van der Waals surface area contributed by atoms with E-state index in [4.69, 9.17) is 23.7 Å². The normalized spacial score (nSPS) is 12.8. The van der Waals surface area contributed by atoms with Gasteiger partial charge in [-0.3, -0.25) is 24.0 Å². The van der Waals surface area contributed by atoms with E-state index in [-0.39, 0.29) is 94.7 Å². The van der Waals surface area contributed by atoms with Gasteiger partial charge >= 0.3 is 0 Å². The monoisotopic (exact) mass is 1520 g/mol. The Morgan fingerprint density at radius 1 is 0.227 bits per heavy atom. The number of amides is 5. The van der Waals surface area contributed by atoms with Crippen LogP contribution in [0.5, 0.6) is 28.7 Å². The van der Waals surface area contributed by atoms with Gasteiger partial charge in [0.25, 0.3) is 29.5 Å². The lowest BCUT2D eigenvalue weighted by atomic mass is 9.79. The molecule has 0 N–H and O–H groups in total. The third-order valence-electron chi connectivity index (χ3n) is 20.8. The van der Waals surface area contributed by atoms with E-state index < -0.39 is 27.1 Å². The van der Waals surface area contributed by atoms with Gasteiger partial charge in [-0.25, -0.2) is 0 Å². The number of nitrogens with zero attached hydrogens (tertiary/aromatic N) is 5. The highest BCUT2D eigenvalue weighted by Gasteiger charge is 2.33. The van der Waals surface area contributed by atoms with Crippen molar-refractivity contribution in [2.75, 3.05) is 98.5 Å². The lowest BCUT2D eigenvalue weighted by Crippen LogP contribution is -2.36. The second-order valence-corrected chi connectivity index (χ2v) is 36.1. The molecule has 15 nitrogen and oxygen atoms in total. The molecule has 0 unspecified atom stereocenters. The smallest absolute Gasteiger partial charge is 0.260 e. The second kappa shape index (κ2) is 41.3. The van der Waals surface area contributed by atoms with Crippen molar-refractivity contribution in [2.45, 2.75) is 296 Å². The molecule has 0 aliphatic heterocycles. The summed E-state index contributed by atoms with van der Waals surface area (Å²) in [6, 6.07) is 22.5. The van der Waals surface area contributed by atoms with Crippen LogP contribution in [0, 0.1) is 0 Å². The molecular weight excluding hydrogens is 1370 g/mol. The molecule has 10 bridgehead atoms. The summed E-state index contributed by atoms with van der Waals surface area (Å²) in [5.74, 6) is 2.23. The van der Waals surface area contributed by atoms with Crippen LogP contribution in [-0.2, 0) is 83.2 Å². The minimum absolute atomic E-state index is 0.113. The van der Waals surface area contributed by atoms with Gasteiger partial charge in [0.15, 0.2) is 33.0 Å². The van der Waals surface area contributed by atoms with E-state index in [1.54, 1.807) is 0 Å². The third kappa shape index (κ3) is 25.5. The van der Waals surface area contributed by atoms with E-state index in [1.165, 1.54) is 0 Å². The molecule has 15 heteroatoms. The Labute approximate surface area is 666 Å². The van der Waals surface area contributed by atoms with Crippen molar-refractivity contribution in [2.24, 2.45) is 0 Å². The molecule has 0 fully saturated rings. The number of fused-ring (bicyclic) bond motifs is 10. The zero-order valence-corrected chi connectivity index (χ0v) is 73.3. The lowest BCUT2D eigenvalue weighted by molar-refractivity contribution is -0.134. The van der Waals surface area contributed by atoms with E-state index in [1.807, 2.05) is 24.5 Å². The molecule has 0 aromatic heterocycles. The fourth-order valence-corrected chi connectivity index (χ4v) is 14.8. The van der Waals surface area contributed by atoms with Crippen molar-refractivity contribution in [3.05, 3.63) is 144 Å². The van der Waals surface area contributed by atoms with E-state index in [9.17, 15) is 24.0 Å². The van der Waals surface area contributed by atoms with Crippen LogP contribution < -0.4 is 23.7 Å². The van der Waals surface area contributed by atoms with Crippen molar-refractivity contribution in [3.63, 3.8) is 0 Å². The fraction of sp³-hybridized carbons (Fsp3) is 0.632. The van der Waals surface area contributed by atoms with Crippen LogP contribution in [0.15, 0.2) is 60.7 Å². The van der Waals surface area contributed by atoms with Gasteiger partial charge in [0.2, 0.25) is 0 Å². The average Bonchev–Trinajstić information content (AvgIpc) is 0.766. The van der Waals surface area contributed by atoms with Gasteiger partial charge in [-0.2, -0.15) is 0 Å². The summed E-state index contributed by atoms with van der Waals surface area (Å²) in [5.41, 5.74) is 11.5. The molecule has 5 aromatic rings. The SMILES string of the molecule is CCCN(CCC)C(=O)COc1c2cc(C(C)(C)C)cc1Cc1cc(C(C)(C)C)cc(c1OCC(=O)N(CCC)CCC)Cc1cc(C(C)(C)C)cc(c1OCC(=O)N(CCC)CCC)Cc1cc(C(C)(C)C)cc(c1OCC(=O)N(CCC)CCC)Cc1cc(C(C)(C)C)cc(c1OCC(=O)N(CCC)CCC)C2. The number of hydrogen-bond acceptors (Lipinski definition) is 10. The molecule has 5 amide bonds. The van der Waals surface area contributed by atoms with Crippen LogP contribution in [0.4, 0.5) is 0 Å². The number of carbonyl (C=O) groups excluding carboxylic acids is 5.